The first-order valence-corrected chi connectivity index (χ1v) is 6.46. The van der Waals surface area contributed by atoms with E-state index in [1.807, 2.05) is 6.92 Å². The van der Waals surface area contributed by atoms with Crippen LogP contribution in [0.2, 0.25) is 0 Å². The first kappa shape index (κ1) is 13.2. The summed E-state index contributed by atoms with van der Waals surface area (Å²) in [4.78, 5) is 12.2. The Hall–Kier alpha value is -1.77. The van der Waals surface area contributed by atoms with Gasteiger partial charge in [0.1, 0.15) is 24.1 Å². The highest BCUT2D eigenvalue weighted by Crippen LogP contribution is 2.34. The Kier molecular flexibility index (Phi) is 3.28. The van der Waals surface area contributed by atoms with Gasteiger partial charge < -0.3 is 20.3 Å². The normalized spacial score (nSPS) is 30.1. The van der Waals surface area contributed by atoms with Gasteiger partial charge in [0.2, 0.25) is 0 Å². The zero-order chi connectivity index (χ0) is 14.3. The maximum Gasteiger partial charge on any atom is 0.167 e. The number of rotatable bonds is 3. The van der Waals surface area contributed by atoms with Crippen molar-refractivity contribution in [2.24, 2.45) is 0 Å². The Morgan fingerprint density at radius 3 is 2.90 bits per heavy atom. The Morgan fingerprint density at radius 1 is 1.45 bits per heavy atom. The van der Waals surface area contributed by atoms with E-state index in [-0.39, 0.29) is 12.2 Å². The molecule has 3 rings (SSSR count). The van der Waals surface area contributed by atoms with Gasteiger partial charge in [0.15, 0.2) is 17.7 Å². The lowest BCUT2D eigenvalue weighted by molar-refractivity contribution is -0.0356. The van der Waals surface area contributed by atoms with Crippen LogP contribution in [0.5, 0.6) is 0 Å². The highest BCUT2D eigenvalue weighted by atomic mass is 16.6. The Balaban J connectivity index is 2.01. The van der Waals surface area contributed by atoms with Gasteiger partial charge in [0.05, 0.1) is 12.4 Å². The number of anilines is 1. The van der Waals surface area contributed by atoms with E-state index >= 15 is 0 Å². The standard InChI is InChI=1S/C12H17N5O3/c1-3-6-9(19-2)8(18)12(20-6)17-5-16-7-10(13)14-4-15-11(7)17/h4-6,8-9,12,18H,3H2,1-2H3,(H2,13,14,15)/t6-,8?,9?,12-/m1/s1. The molecule has 2 unspecified atom stereocenters. The lowest BCUT2D eigenvalue weighted by atomic mass is 10.1. The summed E-state index contributed by atoms with van der Waals surface area (Å²) < 4.78 is 12.9. The fraction of sp³-hybridized carbons (Fsp3) is 0.583. The van der Waals surface area contributed by atoms with E-state index in [0.29, 0.717) is 17.0 Å². The monoisotopic (exact) mass is 279 g/mol. The number of hydrogen-bond acceptors (Lipinski definition) is 7. The van der Waals surface area contributed by atoms with E-state index < -0.39 is 12.3 Å². The minimum Gasteiger partial charge on any atom is -0.386 e. The minimum absolute atomic E-state index is 0.170. The number of aliphatic hydroxyl groups is 1. The predicted molar refractivity (Wildman–Crippen MR) is 70.7 cm³/mol. The van der Waals surface area contributed by atoms with Crippen LogP contribution in [-0.4, -0.2) is 50.0 Å². The van der Waals surface area contributed by atoms with Gasteiger partial charge in [0.25, 0.3) is 0 Å². The Labute approximate surface area is 115 Å². The highest BCUT2D eigenvalue weighted by Gasteiger charge is 2.44. The summed E-state index contributed by atoms with van der Waals surface area (Å²) in [6, 6.07) is 0. The van der Waals surface area contributed by atoms with Crippen LogP contribution >= 0.6 is 0 Å². The number of nitrogen functional groups attached to an aromatic ring is 1. The van der Waals surface area contributed by atoms with Gasteiger partial charge in [-0.25, -0.2) is 15.0 Å². The van der Waals surface area contributed by atoms with E-state index in [0.717, 1.165) is 6.42 Å². The zero-order valence-corrected chi connectivity index (χ0v) is 11.3. The molecule has 2 aromatic rings. The lowest BCUT2D eigenvalue weighted by Crippen LogP contribution is -2.33. The number of methoxy groups -OCH3 is 1. The van der Waals surface area contributed by atoms with Crippen LogP contribution in [-0.2, 0) is 9.47 Å². The van der Waals surface area contributed by atoms with Crippen LogP contribution in [0.4, 0.5) is 5.82 Å². The van der Waals surface area contributed by atoms with Gasteiger partial charge in [-0.3, -0.25) is 4.57 Å². The molecule has 0 aliphatic carbocycles. The van der Waals surface area contributed by atoms with Crippen molar-refractivity contribution in [2.75, 3.05) is 12.8 Å². The molecule has 1 aliphatic rings. The SMILES string of the molecule is CC[C@H]1O[C@@H](n2cnc3c(N)ncnc32)C(O)C1OC. The third-order valence-corrected chi connectivity index (χ3v) is 3.65. The van der Waals surface area contributed by atoms with Gasteiger partial charge in [-0.15, -0.1) is 0 Å². The van der Waals surface area contributed by atoms with E-state index in [2.05, 4.69) is 15.0 Å². The number of fused-ring (bicyclic) bond motifs is 1. The maximum atomic E-state index is 10.4. The molecule has 4 atom stereocenters. The number of aliphatic hydroxyl groups excluding tert-OH is 1. The summed E-state index contributed by atoms with van der Waals surface area (Å²) in [6.45, 7) is 1.98. The van der Waals surface area contributed by atoms with Crippen molar-refractivity contribution < 1.29 is 14.6 Å². The minimum atomic E-state index is -0.793. The smallest absolute Gasteiger partial charge is 0.167 e. The van der Waals surface area contributed by atoms with Crippen LogP contribution in [0.25, 0.3) is 11.2 Å². The van der Waals surface area contributed by atoms with Crippen LogP contribution < -0.4 is 5.73 Å². The summed E-state index contributed by atoms with van der Waals surface area (Å²) in [5.41, 5.74) is 6.79. The first-order chi connectivity index (χ1) is 9.67. The molecule has 1 fully saturated rings. The van der Waals surface area contributed by atoms with Crippen LogP contribution in [0.3, 0.4) is 0 Å². The summed E-state index contributed by atoms with van der Waals surface area (Å²) in [7, 11) is 1.56. The largest absolute Gasteiger partial charge is 0.386 e. The van der Waals surface area contributed by atoms with Crippen molar-refractivity contribution in [3.63, 3.8) is 0 Å². The number of aromatic nitrogens is 4. The predicted octanol–water partition coefficient (Wildman–Crippen LogP) is 0.0918. The van der Waals surface area contributed by atoms with Gasteiger partial charge in [-0.05, 0) is 6.42 Å². The van der Waals surface area contributed by atoms with Crippen molar-refractivity contribution in [3.8, 4) is 0 Å². The van der Waals surface area contributed by atoms with Gasteiger partial charge in [0, 0.05) is 7.11 Å². The molecule has 0 spiro atoms. The van der Waals surface area contributed by atoms with E-state index in [1.54, 1.807) is 18.0 Å². The molecular formula is C12H17N5O3. The van der Waals surface area contributed by atoms with Gasteiger partial charge >= 0.3 is 0 Å². The zero-order valence-electron chi connectivity index (χ0n) is 11.3. The highest BCUT2D eigenvalue weighted by molar-refractivity contribution is 5.81. The molecule has 1 saturated heterocycles. The van der Waals surface area contributed by atoms with Gasteiger partial charge in [-0.2, -0.15) is 0 Å². The quantitative estimate of drug-likeness (QED) is 0.819. The van der Waals surface area contributed by atoms with Crippen LogP contribution in [0.15, 0.2) is 12.7 Å². The third-order valence-electron chi connectivity index (χ3n) is 3.65. The number of hydrogen-bond donors (Lipinski definition) is 2. The summed E-state index contributed by atoms with van der Waals surface area (Å²) in [5, 5.41) is 10.4. The number of nitrogens with zero attached hydrogens (tertiary/aromatic N) is 4. The topological polar surface area (TPSA) is 108 Å². The second kappa shape index (κ2) is 4.97. The molecular weight excluding hydrogens is 262 g/mol. The summed E-state index contributed by atoms with van der Waals surface area (Å²) in [5.74, 6) is 0.302. The number of imidazole rings is 1. The second-order valence-corrected chi connectivity index (χ2v) is 4.75. The van der Waals surface area contributed by atoms with Crippen molar-refractivity contribution in [2.45, 2.75) is 37.9 Å². The average molecular weight is 279 g/mol. The average Bonchev–Trinajstić information content (AvgIpc) is 3.00. The van der Waals surface area contributed by atoms with E-state index in [1.165, 1.54) is 6.33 Å². The molecule has 0 amide bonds. The number of ether oxygens (including phenoxy) is 2. The first-order valence-electron chi connectivity index (χ1n) is 6.46. The van der Waals surface area contributed by atoms with E-state index in [9.17, 15) is 5.11 Å². The molecule has 2 aromatic heterocycles. The number of nitrogens with two attached hydrogens (primary N) is 1. The third kappa shape index (κ3) is 1.84. The maximum absolute atomic E-state index is 10.4. The molecule has 0 saturated carbocycles. The molecule has 0 bridgehead atoms. The molecule has 108 valence electrons. The summed E-state index contributed by atoms with van der Waals surface area (Å²) in [6.07, 6.45) is 1.73. The molecule has 8 heteroatoms. The van der Waals surface area contributed by atoms with Crippen molar-refractivity contribution >= 4 is 17.0 Å². The van der Waals surface area contributed by atoms with Crippen molar-refractivity contribution in [1.29, 1.82) is 0 Å². The molecule has 8 nitrogen and oxygen atoms in total. The van der Waals surface area contributed by atoms with Crippen molar-refractivity contribution in [1.82, 2.24) is 19.5 Å². The molecule has 3 heterocycles. The van der Waals surface area contributed by atoms with Crippen LogP contribution in [0.1, 0.15) is 19.6 Å². The van der Waals surface area contributed by atoms with Crippen molar-refractivity contribution in [3.05, 3.63) is 12.7 Å². The summed E-state index contributed by atoms with van der Waals surface area (Å²) >= 11 is 0. The molecule has 20 heavy (non-hydrogen) atoms. The Morgan fingerprint density at radius 2 is 2.25 bits per heavy atom. The second-order valence-electron chi connectivity index (χ2n) is 4.75. The fourth-order valence-corrected chi connectivity index (χ4v) is 2.63. The molecule has 0 aromatic carbocycles. The molecule has 1 aliphatic heterocycles. The fourth-order valence-electron chi connectivity index (χ4n) is 2.63. The Bertz CT molecular complexity index is 616. The molecule has 3 N–H and O–H groups in total. The van der Waals surface area contributed by atoms with E-state index in [4.69, 9.17) is 15.2 Å². The van der Waals surface area contributed by atoms with Gasteiger partial charge in [-0.1, -0.05) is 6.92 Å². The lowest BCUT2D eigenvalue weighted by Gasteiger charge is -2.17. The molecule has 0 radical (unpaired) electrons. The van der Waals surface area contributed by atoms with Crippen LogP contribution in [0, 0.1) is 0 Å².